The van der Waals surface area contributed by atoms with E-state index >= 15 is 0 Å². The van der Waals surface area contributed by atoms with Crippen LogP contribution in [0.1, 0.15) is 56.3 Å². The lowest BCUT2D eigenvalue weighted by molar-refractivity contribution is 0.100. The van der Waals surface area contributed by atoms with E-state index in [1.165, 1.54) is 24.6 Å². The van der Waals surface area contributed by atoms with E-state index < -0.39 is 0 Å². The molecule has 1 aliphatic heterocycles. The van der Waals surface area contributed by atoms with Gasteiger partial charge in [0.2, 0.25) is 0 Å². The number of Topliss-reactive ketones (excluding diaryl/α,β-unsaturated/α-hetero) is 1. The van der Waals surface area contributed by atoms with Gasteiger partial charge < -0.3 is 5.32 Å². The first-order valence-corrected chi connectivity index (χ1v) is 9.98. The molecule has 27 heavy (non-hydrogen) atoms. The van der Waals surface area contributed by atoms with Crippen molar-refractivity contribution in [1.82, 2.24) is 0 Å². The largest absolute Gasteiger partial charge is 0.384 e. The summed E-state index contributed by atoms with van der Waals surface area (Å²) in [5.41, 5.74) is 3.55. The minimum absolute atomic E-state index is 0.173. The van der Waals surface area contributed by atoms with E-state index in [0.717, 1.165) is 51.8 Å². The molecule has 0 amide bonds. The fraction of sp³-hybridized carbons (Fsp3) is 0.333. The molecule has 3 heteroatoms. The maximum Gasteiger partial charge on any atom is 0.171 e. The zero-order valence-corrected chi connectivity index (χ0v) is 16.1. The molecule has 3 nitrogen and oxygen atoms in total. The van der Waals surface area contributed by atoms with Crippen LogP contribution >= 0.6 is 0 Å². The molecule has 0 spiro atoms. The van der Waals surface area contributed by atoms with Crippen molar-refractivity contribution in [2.24, 2.45) is 4.99 Å². The third-order valence-electron chi connectivity index (χ3n) is 5.33. The minimum Gasteiger partial charge on any atom is -0.384 e. The maximum atomic E-state index is 12.8. The molecule has 0 saturated heterocycles. The van der Waals surface area contributed by atoms with Crippen LogP contribution in [0, 0.1) is 0 Å². The SMILES string of the molecule is CCCCCCNc1cc2c(c3cc4ccccc4cc13)C(=O)CC(C)=N2. The Kier molecular flexibility index (Phi) is 4.93. The molecule has 0 bridgehead atoms. The van der Waals surface area contributed by atoms with Gasteiger partial charge in [0.15, 0.2) is 5.78 Å². The second-order valence-electron chi connectivity index (χ2n) is 7.50. The zero-order chi connectivity index (χ0) is 18.8. The second-order valence-corrected chi connectivity index (χ2v) is 7.50. The molecule has 0 aliphatic carbocycles. The van der Waals surface area contributed by atoms with Gasteiger partial charge >= 0.3 is 0 Å². The number of fused-ring (bicyclic) bond motifs is 4. The average molecular weight is 358 g/mol. The number of benzene rings is 3. The van der Waals surface area contributed by atoms with Crippen LogP contribution in [0.5, 0.6) is 0 Å². The summed E-state index contributed by atoms with van der Waals surface area (Å²) in [6.45, 7) is 5.10. The Balaban J connectivity index is 1.85. The van der Waals surface area contributed by atoms with Gasteiger partial charge in [-0.25, -0.2) is 0 Å². The molecular formula is C24H26N2O. The molecule has 4 rings (SSSR count). The van der Waals surface area contributed by atoms with Gasteiger partial charge in [0, 0.05) is 29.8 Å². The first-order valence-electron chi connectivity index (χ1n) is 9.98. The van der Waals surface area contributed by atoms with Gasteiger partial charge in [-0.05, 0) is 47.7 Å². The lowest BCUT2D eigenvalue weighted by atomic mass is 9.91. The van der Waals surface area contributed by atoms with Gasteiger partial charge in [-0.3, -0.25) is 9.79 Å². The van der Waals surface area contributed by atoms with E-state index in [0.29, 0.717) is 6.42 Å². The van der Waals surface area contributed by atoms with Crippen LogP contribution in [0.2, 0.25) is 0 Å². The number of unbranched alkanes of at least 4 members (excludes halogenated alkanes) is 3. The monoisotopic (exact) mass is 358 g/mol. The van der Waals surface area contributed by atoms with Gasteiger partial charge in [-0.1, -0.05) is 50.5 Å². The van der Waals surface area contributed by atoms with E-state index in [4.69, 9.17) is 4.99 Å². The molecule has 1 aliphatic rings. The first-order chi connectivity index (χ1) is 13.2. The molecule has 138 valence electrons. The summed E-state index contributed by atoms with van der Waals surface area (Å²) < 4.78 is 0. The third-order valence-corrected chi connectivity index (χ3v) is 5.33. The fourth-order valence-electron chi connectivity index (χ4n) is 3.96. The molecule has 0 atom stereocenters. The Morgan fingerprint density at radius 1 is 1.00 bits per heavy atom. The predicted octanol–water partition coefficient (Wildman–Crippen LogP) is 6.66. The topological polar surface area (TPSA) is 41.5 Å². The Morgan fingerprint density at radius 2 is 1.74 bits per heavy atom. The van der Waals surface area contributed by atoms with Crippen LogP contribution in [0.25, 0.3) is 21.5 Å². The number of hydrogen-bond donors (Lipinski definition) is 1. The number of anilines is 1. The number of ketones is 1. The molecular weight excluding hydrogens is 332 g/mol. The zero-order valence-electron chi connectivity index (χ0n) is 16.1. The number of nitrogens with zero attached hydrogens (tertiary/aromatic N) is 1. The van der Waals surface area contributed by atoms with Crippen molar-refractivity contribution in [2.45, 2.75) is 46.0 Å². The summed E-state index contributed by atoms with van der Waals surface area (Å²) in [5, 5.41) is 8.10. The summed E-state index contributed by atoms with van der Waals surface area (Å²) >= 11 is 0. The highest BCUT2D eigenvalue weighted by molar-refractivity contribution is 6.24. The Labute approximate surface area is 160 Å². The van der Waals surface area contributed by atoms with Crippen molar-refractivity contribution in [3.05, 3.63) is 48.0 Å². The normalized spacial score (nSPS) is 13.7. The fourth-order valence-corrected chi connectivity index (χ4v) is 3.96. The quantitative estimate of drug-likeness (QED) is 0.395. The number of carbonyl (C=O) groups is 1. The molecule has 0 aromatic heterocycles. The van der Waals surface area contributed by atoms with E-state index in [9.17, 15) is 4.79 Å². The summed E-state index contributed by atoms with van der Waals surface area (Å²) in [7, 11) is 0. The van der Waals surface area contributed by atoms with Crippen LogP contribution in [-0.2, 0) is 0 Å². The van der Waals surface area contributed by atoms with Crippen LogP contribution < -0.4 is 5.32 Å². The van der Waals surface area contributed by atoms with Crippen molar-refractivity contribution in [1.29, 1.82) is 0 Å². The molecule has 1 N–H and O–H groups in total. The van der Waals surface area contributed by atoms with Gasteiger partial charge in [0.25, 0.3) is 0 Å². The van der Waals surface area contributed by atoms with Crippen molar-refractivity contribution in [3.63, 3.8) is 0 Å². The van der Waals surface area contributed by atoms with Crippen LogP contribution in [0.15, 0.2) is 47.5 Å². The second kappa shape index (κ2) is 7.51. The smallest absolute Gasteiger partial charge is 0.171 e. The Morgan fingerprint density at radius 3 is 2.48 bits per heavy atom. The average Bonchev–Trinajstić information content (AvgIpc) is 2.65. The van der Waals surface area contributed by atoms with Crippen LogP contribution in [0.4, 0.5) is 11.4 Å². The summed E-state index contributed by atoms with van der Waals surface area (Å²) in [6, 6.07) is 14.8. The first kappa shape index (κ1) is 17.7. The molecule has 0 fully saturated rings. The number of rotatable bonds is 6. The summed E-state index contributed by atoms with van der Waals surface area (Å²) in [4.78, 5) is 17.5. The molecule has 0 saturated carbocycles. The molecule has 3 aromatic rings. The van der Waals surface area contributed by atoms with E-state index in [1.807, 2.05) is 13.0 Å². The highest BCUT2D eigenvalue weighted by atomic mass is 16.1. The van der Waals surface area contributed by atoms with Gasteiger partial charge in [-0.2, -0.15) is 0 Å². The van der Waals surface area contributed by atoms with Gasteiger partial charge in [-0.15, -0.1) is 0 Å². The van der Waals surface area contributed by atoms with Crippen molar-refractivity contribution in [2.75, 3.05) is 11.9 Å². The number of aliphatic imine (C=N–C) groups is 1. The van der Waals surface area contributed by atoms with Crippen molar-refractivity contribution < 1.29 is 4.79 Å². The number of hydrogen-bond acceptors (Lipinski definition) is 3. The van der Waals surface area contributed by atoms with Crippen LogP contribution in [0.3, 0.4) is 0 Å². The Bertz CT molecular complexity index is 1050. The van der Waals surface area contributed by atoms with E-state index in [2.05, 4.69) is 48.6 Å². The van der Waals surface area contributed by atoms with E-state index in [-0.39, 0.29) is 5.78 Å². The summed E-state index contributed by atoms with van der Waals surface area (Å²) in [5.74, 6) is 0.173. The molecule has 0 unspecified atom stereocenters. The minimum atomic E-state index is 0.173. The number of nitrogens with one attached hydrogen (secondary N) is 1. The molecule has 1 heterocycles. The van der Waals surface area contributed by atoms with Crippen molar-refractivity contribution >= 4 is 44.4 Å². The predicted molar refractivity (Wildman–Crippen MR) is 116 cm³/mol. The molecule has 3 aromatic carbocycles. The van der Waals surface area contributed by atoms with Gasteiger partial charge in [0.1, 0.15) is 0 Å². The summed E-state index contributed by atoms with van der Waals surface area (Å²) in [6.07, 6.45) is 5.32. The highest BCUT2D eigenvalue weighted by Gasteiger charge is 2.22. The lowest BCUT2D eigenvalue weighted by Gasteiger charge is -2.19. The molecule has 0 radical (unpaired) electrons. The maximum absolute atomic E-state index is 12.8. The number of carbonyl (C=O) groups excluding carboxylic acids is 1. The van der Waals surface area contributed by atoms with Crippen LogP contribution in [-0.4, -0.2) is 18.0 Å². The van der Waals surface area contributed by atoms with Gasteiger partial charge in [0.05, 0.1) is 11.3 Å². The Hall–Kier alpha value is -2.68. The van der Waals surface area contributed by atoms with E-state index in [1.54, 1.807) is 0 Å². The highest BCUT2D eigenvalue weighted by Crippen LogP contribution is 2.39. The van der Waals surface area contributed by atoms with Crippen molar-refractivity contribution in [3.8, 4) is 0 Å². The third kappa shape index (κ3) is 3.46. The lowest BCUT2D eigenvalue weighted by Crippen LogP contribution is -2.12. The standard InChI is InChI=1S/C24H26N2O/c1-3-4-5-8-11-25-21-15-22-24(23(27)12-16(2)26-22)20-14-18-10-7-6-9-17(18)13-19(20)21/h6-7,9-10,13-15,25H,3-5,8,11-12H2,1-2H3.